The molecule has 3 amide bonds. The third-order valence-electron chi connectivity index (χ3n) is 2.70. The summed E-state index contributed by atoms with van der Waals surface area (Å²) in [4.78, 5) is 33.3. The van der Waals surface area contributed by atoms with Gasteiger partial charge in [-0.2, -0.15) is 0 Å². The monoisotopic (exact) mass is 316 g/mol. The number of primary amides is 1. The molecule has 1 aliphatic heterocycles. The van der Waals surface area contributed by atoms with Gasteiger partial charge in [0, 0.05) is 13.1 Å². The van der Waals surface area contributed by atoms with Gasteiger partial charge in [0.15, 0.2) is 0 Å². The van der Waals surface area contributed by atoms with E-state index in [1.165, 1.54) is 0 Å². The van der Waals surface area contributed by atoms with Gasteiger partial charge in [-0.1, -0.05) is 20.8 Å². The third kappa shape index (κ3) is 13.4. The lowest BCUT2D eigenvalue weighted by Crippen LogP contribution is -2.45. The molecule has 4 N–H and O–H groups in total. The van der Waals surface area contributed by atoms with E-state index in [0.29, 0.717) is 0 Å². The van der Waals surface area contributed by atoms with Crippen molar-refractivity contribution >= 4 is 18.2 Å². The maximum Gasteiger partial charge on any atom is 0.241 e. The van der Waals surface area contributed by atoms with Crippen molar-refractivity contribution in [1.82, 2.24) is 15.5 Å². The Hall–Kier alpha value is -1.63. The molecule has 7 heteroatoms. The van der Waals surface area contributed by atoms with Crippen LogP contribution in [0.3, 0.4) is 0 Å². The van der Waals surface area contributed by atoms with Gasteiger partial charge < -0.3 is 21.3 Å². The summed E-state index contributed by atoms with van der Waals surface area (Å²) in [5.41, 5.74) is 4.17. The first-order chi connectivity index (χ1) is 10.3. The fraction of sp³-hybridized carbons (Fsp3) is 0.800. The normalized spacial score (nSPS) is 14.2. The second-order valence-electron chi connectivity index (χ2n) is 5.68. The van der Waals surface area contributed by atoms with Crippen molar-refractivity contribution in [2.75, 3.05) is 26.7 Å². The van der Waals surface area contributed by atoms with Crippen molar-refractivity contribution in [2.45, 2.75) is 46.6 Å². The summed E-state index contributed by atoms with van der Waals surface area (Å²) >= 11 is 0. The van der Waals surface area contributed by atoms with Crippen LogP contribution in [0.5, 0.6) is 0 Å². The number of likely N-dealkylation sites (N-methyl/N-ethyl adjacent to an activating group) is 1. The molecule has 0 aromatic heterocycles. The van der Waals surface area contributed by atoms with E-state index in [0.717, 1.165) is 31.8 Å². The van der Waals surface area contributed by atoms with Crippen molar-refractivity contribution in [2.24, 2.45) is 11.7 Å². The highest BCUT2D eigenvalue weighted by atomic mass is 16.2. The number of rotatable bonds is 4. The summed E-state index contributed by atoms with van der Waals surface area (Å²) in [6.07, 6.45) is 2.40. The topological polar surface area (TPSA) is 105 Å². The fourth-order valence-electron chi connectivity index (χ4n) is 1.53. The van der Waals surface area contributed by atoms with Crippen molar-refractivity contribution < 1.29 is 14.4 Å². The van der Waals surface area contributed by atoms with Crippen molar-refractivity contribution in [3.63, 3.8) is 0 Å². The molecule has 1 unspecified atom stereocenters. The third-order valence-corrected chi connectivity index (χ3v) is 2.70. The minimum absolute atomic E-state index is 0.0177. The van der Waals surface area contributed by atoms with Gasteiger partial charge in [0.25, 0.3) is 0 Å². The van der Waals surface area contributed by atoms with Crippen LogP contribution < -0.4 is 16.4 Å². The maximum atomic E-state index is 11.6. The number of hydrogen-bond donors (Lipinski definition) is 3. The number of carbonyl (C=O) groups excluding carboxylic acids is 3. The molecule has 0 radical (unpaired) electrons. The summed E-state index contributed by atoms with van der Waals surface area (Å²) in [6, 6.07) is -0.253. The van der Waals surface area contributed by atoms with Gasteiger partial charge in [-0.15, -0.1) is 0 Å². The molecule has 0 saturated carbocycles. The van der Waals surface area contributed by atoms with Crippen LogP contribution >= 0.6 is 0 Å². The number of carbonyl (C=O) groups is 3. The van der Waals surface area contributed by atoms with Crippen LogP contribution in [0.2, 0.25) is 0 Å². The lowest BCUT2D eigenvalue weighted by Gasteiger charge is -2.16. The number of nitrogens with two attached hydrogens (primary N) is 1. The Morgan fingerprint density at radius 2 is 1.59 bits per heavy atom. The summed E-state index contributed by atoms with van der Waals surface area (Å²) in [7, 11) is 1.71. The summed E-state index contributed by atoms with van der Waals surface area (Å²) < 4.78 is 0. The van der Waals surface area contributed by atoms with Gasteiger partial charge in [-0.3, -0.25) is 14.4 Å². The van der Waals surface area contributed by atoms with Crippen molar-refractivity contribution in [3.05, 3.63) is 0 Å². The van der Waals surface area contributed by atoms with Crippen LogP contribution in [0.4, 0.5) is 0 Å². The maximum absolute atomic E-state index is 11.6. The second-order valence-corrected chi connectivity index (χ2v) is 5.68. The molecule has 0 bridgehead atoms. The Bertz CT molecular complexity index is 313. The van der Waals surface area contributed by atoms with E-state index >= 15 is 0 Å². The van der Waals surface area contributed by atoms with E-state index in [1.807, 2.05) is 0 Å². The van der Waals surface area contributed by atoms with Crippen LogP contribution in [0.25, 0.3) is 0 Å². The van der Waals surface area contributed by atoms with Crippen LogP contribution in [0.1, 0.15) is 40.5 Å². The molecular weight excluding hydrogens is 284 g/mol. The molecule has 1 rings (SSSR count). The summed E-state index contributed by atoms with van der Waals surface area (Å²) in [6.45, 7) is 10.0. The van der Waals surface area contributed by atoms with Crippen molar-refractivity contribution in [1.29, 1.82) is 0 Å². The molecule has 130 valence electrons. The predicted octanol–water partition coefficient (Wildman–Crippen LogP) is 0.0967. The molecule has 0 spiro atoms. The van der Waals surface area contributed by atoms with Gasteiger partial charge in [0.1, 0.15) is 0 Å². The molecule has 1 saturated heterocycles. The molecule has 1 aliphatic rings. The average Bonchev–Trinajstić information content (AvgIpc) is 2.98. The zero-order valence-electron chi connectivity index (χ0n) is 14.5. The molecular formula is C15H32N4O3. The van der Waals surface area contributed by atoms with E-state index in [9.17, 15) is 9.59 Å². The number of nitrogens with one attached hydrogen (secondary N) is 2. The highest BCUT2D eigenvalue weighted by molar-refractivity contribution is 5.87. The fourth-order valence-corrected chi connectivity index (χ4v) is 1.53. The van der Waals surface area contributed by atoms with E-state index < -0.39 is 0 Å². The van der Waals surface area contributed by atoms with Gasteiger partial charge in [0.05, 0.1) is 12.6 Å². The van der Waals surface area contributed by atoms with Crippen LogP contribution in [-0.2, 0) is 14.4 Å². The quantitative estimate of drug-likeness (QED) is 0.640. The minimum atomic E-state index is -0.253. The average molecular weight is 316 g/mol. The Morgan fingerprint density at radius 3 is 1.95 bits per heavy atom. The minimum Gasteiger partial charge on any atom is -0.372 e. The summed E-state index contributed by atoms with van der Waals surface area (Å²) in [5.74, 6) is 0.717. The molecule has 1 heterocycles. The molecule has 1 atom stereocenters. The van der Waals surface area contributed by atoms with Gasteiger partial charge in [-0.25, -0.2) is 0 Å². The Labute approximate surface area is 134 Å². The first-order valence-corrected chi connectivity index (χ1v) is 7.68. The largest absolute Gasteiger partial charge is 0.372 e. The zero-order chi connectivity index (χ0) is 17.5. The van der Waals surface area contributed by atoms with Gasteiger partial charge >= 0.3 is 0 Å². The van der Waals surface area contributed by atoms with E-state index in [1.54, 1.807) is 18.9 Å². The van der Waals surface area contributed by atoms with Crippen molar-refractivity contribution in [3.8, 4) is 0 Å². The van der Waals surface area contributed by atoms with Crippen LogP contribution in [-0.4, -0.2) is 55.8 Å². The number of hydrogen-bond acceptors (Lipinski definition) is 4. The van der Waals surface area contributed by atoms with Crippen LogP contribution in [0.15, 0.2) is 0 Å². The van der Waals surface area contributed by atoms with Gasteiger partial charge in [0.2, 0.25) is 18.2 Å². The van der Waals surface area contributed by atoms with E-state index in [4.69, 9.17) is 4.79 Å². The number of likely N-dealkylation sites (tertiary alicyclic amines) is 1. The summed E-state index contributed by atoms with van der Waals surface area (Å²) in [5, 5.41) is 5.44. The lowest BCUT2D eigenvalue weighted by molar-refractivity contribution is -0.132. The number of nitrogens with zero attached hydrogens (tertiary/aromatic N) is 1. The Morgan fingerprint density at radius 1 is 1.18 bits per heavy atom. The number of amides is 3. The molecule has 22 heavy (non-hydrogen) atoms. The molecule has 0 aromatic carbocycles. The molecule has 7 nitrogen and oxygen atoms in total. The second kappa shape index (κ2) is 14.3. The molecule has 0 aromatic rings. The SMILES string of the molecule is CC(C)C.CNC(C)C(=O)NCC(=O)N1CCCC1.NC=O. The Balaban J connectivity index is 0. The van der Waals surface area contributed by atoms with Gasteiger partial charge in [-0.05, 0) is 32.7 Å². The first-order valence-electron chi connectivity index (χ1n) is 7.68. The highest BCUT2D eigenvalue weighted by Crippen LogP contribution is 2.06. The molecule has 1 fully saturated rings. The van der Waals surface area contributed by atoms with Crippen LogP contribution in [0, 0.1) is 5.92 Å². The highest BCUT2D eigenvalue weighted by Gasteiger charge is 2.19. The standard InChI is InChI=1S/C10H19N3O2.C4H10.CH3NO/c1-8(11-2)10(15)12-7-9(14)13-5-3-4-6-13;1-4(2)3;2-1-3/h8,11H,3-7H2,1-2H3,(H,12,15);4H,1-3H3;1H,(H2,2,3). The predicted molar refractivity (Wildman–Crippen MR) is 88.1 cm³/mol. The first kappa shape index (κ1) is 22.6. The molecule has 0 aliphatic carbocycles. The van der Waals surface area contributed by atoms with E-state index in [2.05, 4.69) is 37.1 Å². The smallest absolute Gasteiger partial charge is 0.241 e. The lowest BCUT2D eigenvalue weighted by atomic mass is 10.3. The Kier molecular flexibility index (Phi) is 14.7. The van der Waals surface area contributed by atoms with E-state index in [-0.39, 0.29) is 30.8 Å². The zero-order valence-corrected chi connectivity index (χ0v) is 14.5.